The van der Waals surface area contributed by atoms with Crippen molar-refractivity contribution in [2.24, 2.45) is 0 Å². The van der Waals surface area contributed by atoms with Crippen LogP contribution in [0.1, 0.15) is 22.9 Å². The molecule has 0 radical (unpaired) electrons. The van der Waals surface area contributed by atoms with E-state index in [2.05, 4.69) is 11.4 Å². The lowest BCUT2D eigenvalue weighted by Gasteiger charge is -2.25. The molecule has 160 valence electrons. The third kappa shape index (κ3) is 4.09. The van der Waals surface area contributed by atoms with E-state index in [0.717, 1.165) is 42.7 Å². The van der Waals surface area contributed by atoms with E-state index in [1.807, 2.05) is 53.4 Å². The summed E-state index contributed by atoms with van der Waals surface area (Å²) in [6.45, 7) is 2.85. The molecule has 2 aromatic heterocycles. The second-order valence-electron chi connectivity index (χ2n) is 7.62. The number of para-hydroxylation sites is 1. The molecular weight excluding hydrogens is 438 g/mol. The number of benzene rings is 2. The van der Waals surface area contributed by atoms with Crippen molar-refractivity contribution >= 4 is 55.8 Å². The van der Waals surface area contributed by atoms with E-state index in [0.29, 0.717) is 13.1 Å². The molecule has 4 aromatic rings. The molecule has 0 aliphatic carbocycles. The minimum absolute atomic E-state index is 0.0713. The molecule has 0 saturated carbocycles. The van der Waals surface area contributed by atoms with Crippen molar-refractivity contribution in [3.05, 3.63) is 76.7 Å². The summed E-state index contributed by atoms with van der Waals surface area (Å²) in [7, 11) is 0. The van der Waals surface area contributed by atoms with Gasteiger partial charge in [-0.3, -0.25) is 9.59 Å². The standard InChI is InChI=1S/C25H21N3O2S2/c1-16(29)28-14-13-18-21(15-28)32-25(27-22(30)12-11-17-7-3-2-4-8-17)23(18)24-26-19-9-5-6-10-20(19)31-24/h2-12H,13-15H2,1H3,(H,27,30). The summed E-state index contributed by atoms with van der Waals surface area (Å²) in [5, 5.41) is 4.78. The number of aromatic nitrogens is 1. The van der Waals surface area contributed by atoms with Gasteiger partial charge >= 0.3 is 0 Å². The van der Waals surface area contributed by atoms with Gasteiger partial charge in [-0.1, -0.05) is 42.5 Å². The summed E-state index contributed by atoms with van der Waals surface area (Å²) >= 11 is 3.18. The van der Waals surface area contributed by atoms with E-state index in [-0.39, 0.29) is 11.8 Å². The minimum Gasteiger partial charge on any atom is -0.337 e. The number of thiophene rings is 1. The first-order chi connectivity index (χ1) is 15.6. The van der Waals surface area contributed by atoms with Crippen LogP contribution >= 0.6 is 22.7 Å². The number of fused-ring (bicyclic) bond motifs is 2. The molecule has 2 amide bonds. The van der Waals surface area contributed by atoms with Gasteiger partial charge in [0.25, 0.3) is 0 Å². The van der Waals surface area contributed by atoms with E-state index in [1.54, 1.807) is 41.7 Å². The lowest BCUT2D eigenvalue weighted by Crippen LogP contribution is -2.33. The maximum Gasteiger partial charge on any atom is 0.249 e. The average Bonchev–Trinajstić information content (AvgIpc) is 3.38. The Labute approximate surface area is 194 Å². The topological polar surface area (TPSA) is 62.3 Å². The number of nitrogens with one attached hydrogen (secondary N) is 1. The zero-order chi connectivity index (χ0) is 22.1. The number of rotatable bonds is 4. The third-order valence-corrected chi connectivity index (χ3v) is 7.66. The zero-order valence-electron chi connectivity index (χ0n) is 17.5. The Kier molecular flexibility index (Phi) is 5.59. The molecule has 7 heteroatoms. The number of amides is 2. The fourth-order valence-corrected chi connectivity index (χ4v) is 6.23. The predicted octanol–water partition coefficient (Wildman–Crippen LogP) is 5.58. The highest BCUT2D eigenvalue weighted by molar-refractivity contribution is 7.23. The lowest BCUT2D eigenvalue weighted by molar-refractivity contribution is -0.129. The van der Waals surface area contributed by atoms with Gasteiger partial charge < -0.3 is 10.2 Å². The van der Waals surface area contributed by atoms with Crippen LogP contribution in [0.25, 0.3) is 26.9 Å². The number of hydrogen-bond donors (Lipinski definition) is 1. The van der Waals surface area contributed by atoms with Crippen LogP contribution in [0.5, 0.6) is 0 Å². The van der Waals surface area contributed by atoms with Gasteiger partial charge in [-0.15, -0.1) is 22.7 Å². The summed E-state index contributed by atoms with van der Waals surface area (Å²) in [6.07, 6.45) is 4.11. The van der Waals surface area contributed by atoms with Crippen LogP contribution in [0.3, 0.4) is 0 Å². The molecule has 3 heterocycles. The van der Waals surface area contributed by atoms with Crippen molar-refractivity contribution in [2.75, 3.05) is 11.9 Å². The molecule has 0 saturated heterocycles. The van der Waals surface area contributed by atoms with Crippen LogP contribution in [0.4, 0.5) is 5.00 Å². The molecular formula is C25H21N3O2S2. The van der Waals surface area contributed by atoms with Crippen molar-refractivity contribution < 1.29 is 9.59 Å². The third-order valence-electron chi connectivity index (χ3n) is 5.47. The quantitative estimate of drug-likeness (QED) is 0.405. The molecule has 0 bridgehead atoms. The molecule has 1 N–H and O–H groups in total. The number of carbonyl (C=O) groups is 2. The highest BCUT2D eigenvalue weighted by atomic mass is 32.1. The Morgan fingerprint density at radius 3 is 2.62 bits per heavy atom. The highest BCUT2D eigenvalue weighted by Gasteiger charge is 2.28. The fraction of sp³-hybridized carbons (Fsp3) is 0.160. The van der Waals surface area contributed by atoms with E-state index in [4.69, 9.17) is 4.98 Å². The molecule has 32 heavy (non-hydrogen) atoms. The van der Waals surface area contributed by atoms with Gasteiger partial charge in [0.1, 0.15) is 10.0 Å². The van der Waals surface area contributed by atoms with Crippen molar-refractivity contribution in [3.8, 4) is 10.6 Å². The van der Waals surface area contributed by atoms with Gasteiger partial charge in [-0.25, -0.2) is 4.98 Å². The van der Waals surface area contributed by atoms with Crippen molar-refractivity contribution in [2.45, 2.75) is 19.9 Å². The molecule has 2 aromatic carbocycles. The molecule has 1 aliphatic heterocycles. The first-order valence-electron chi connectivity index (χ1n) is 10.4. The Hall–Kier alpha value is -3.29. The summed E-state index contributed by atoms with van der Waals surface area (Å²) in [5.41, 5.74) is 4.11. The Morgan fingerprint density at radius 2 is 1.84 bits per heavy atom. The second-order valence-corrected chi connectivity index (χ2v) is 9.75. The van der Waals surface area contributed by atoms with Crippen LogP contribution in [-0.2, 0) is 22.6 Å². The Bertz CT molecular complexity index is 1300. The van der Waals surface area contributed by atoms with Crippen molar-refractivity contribution in [1.29, 1.82) is 0 Å². The normalized spacial score (nSPS) is 13.5. The van der Waals surface area contributed by atoms with Crippen LogP contribution in [0.2, 0.25) is 0 Å². The van der Waals surface area contributed by atoms with Gasteiger partial charge in [0.2, 0.25) is 11.8 Å². The Morgan fingerprint density at radius 1 is 1.06 bits per heavy atom. The van der Waals surface area contributed by atoms with Gasteiger partial charge in [-0.05, 0) is 35.8 Å². The lowest BCUT2D eigenvalue weighted by atomic mass is 10.0. The molecule has 5 rings (SSSR count). The van der Waals surface area contributed by atoms with Gasteiger partial charge in [-0.2, -0.15) is 0 Å². The van der Waals surface area contributed by atoms with Crippen molar-refractivity contribution in [3.63, 3.8) is 0 Å². The van der Waals surface area contributed by atoms with Crippen LogP contribution in [0.15, 0.2) is 60.7 Å². The second kappa shape index (κ2) is 8.68. The molecule has 0 atom stereocenters. The SMILES string of the molecule is CC(=O)N1CCc2c(sc(NC(=O)C=Cc3ccccc3)c2-c2nc3ccccc3s2)C1. The number of carbonyl (C=O) groups excluding carboxylic acids is 2. The average molecular weight is 460 g/mol. The van der Waals surface area contributed by atoms with E-state index in [1.165, 1.54) is 5.56 Å². The predicted molar refractivity (Wildman–Crippen MR) is 132 cm³/mol. The highest BCUT2D eigenvalue weighted by Crippen LogP contribution is 2.45. The van der Waals surface area contributed by atoms with E-state index >= 15 is 0 Å². The van der Waals surface area contributed by atoms with E-state index in [9.17, 15) is 9.59 Å². The number of thiazole rings is 1. The van der Waals surface area contributed by atoms with Crippen LogP contribution in [0, 0.1) is 0 Å². The maximum absolute atomic E-state index is 12.8. The molecule has 5 nitrogen and oxygen atoms in total. The first kappa shape index (κ1) is 20.6. The monoisotopic (exact) mass is 459 g/mol. The molecule has 1 aliphatic rings. The molecule has 0 unspecified atom stereocenters. The number of nitrogens with zero attached hydrogens (tertiary/aromatic N) is 2. The Balaban J connectivity index is 1.51. The van der Waals surface area contributed by atoms with Crippen LogP contribution < -0.4 is 5.32 Å². The largest absolute Gasteiger partial charge is 0.337 e. The van der Waals surface area contributed by atoms with E-state index < -0.39 is 0 Å². The molecule has 0 fully saturated rings. The van der Waals surface area contributed by atoms with Crippen molar-refractivity contribution in [1.82, 2.24) is 9.88 Å². The zero-order valence-corrected chi connectivity index (χ0v) is 19.1. The molecule has 0 spiro atoms. The number of hydrogen-bond acceptors (Lipinski definition) is 5. The van der Waals surface area contributed by atoms with Gasteiger partial charge in [0.05, 0.1) is 16.8 Å². The summed E-state index contributed by atoms with van der Waals surface area (Å²) in [4.78, 5) is 32.5. The minimum atomic E-state index is -0.182. The summed E-state index contributed by atoms with van der Waals surface area (Å²) in [5.74, 6) is -0.111. The number of anilines is 1. The van der Waals surface area contributed by atoms with Gasteiger partial charge in [0.15, 0.2) is 0 Å². The maximum atomic E-state index is 12.8. The smallest absolute Gasteiger partial charge is 0.249 e. The first-order valence-corrected chi connectivity index (χ1v) is 12.0. The summed E-state index contributed by atoms with van der Waals surface area (Å²) < 4.78 is 1.12. The van der Waals surface area contributed by atoms with Gasteiger partial charge in [0, 0.05) is 30.0 Å². The fourth-order valence-electron chi connectivity index (χ4n) is 3.86. The van der Waals surface area contributed by atoms with Crippen LogP contribution in [-0.4, -0.2) is 28.2 Å². The summed E-state index contributed by atoms with van der Waals surface area (Å²) in [6, 6.07) is 17.8.